The number of carbonyl (C=O) groups excluding carboxylic acids is 1. The van der Waals surface area contributed by atoms with E-state index >= 15 is 0 Å². The molecule has 0 atom stereocenters. The zero-order valence-corrected chi connectivity index (χ0v) is 12.4. The number of thiophene rings is 1. The molecular weight excluding hydrogens is 282 g/mol. The van der Waals surface area contributed by atoms with Crippen LogP contribution in [0.2, 0.25) is 0 Å². The number of fused-ring (bicyclic) bond motifs is 1. The Kier molecular flexibility index (Phi) is 3.99. The number of anilines is 1. The van der Waals surface area contributed by atoms with E-state index in [4.69, 9.17) is 4.74 Å². The number of hydrogen-bond acceptors (Lipinski definition) is 3. The van der Waals surface area contributed by atoms with E-state index < -0.39 is 0 Å². The Bertz CT molecular complexity index is 746. The summed E-state index contributed by atoms with van der Waals surface area (Å²) in [6.45, 7) is 0.534. The van der Waals surface area contributed by atoms with Crippen molar-refractivity contribution in [2.24, 2.45) is 0 Å². The Labute approximate surface area is 127 Å². The van der Waals surface area contributed by atoms with Crippen LogP contribution in [0.4, 0.5) is 5.69 Å². The van der Waals surface area contributed by atoms with Gasteiger partial charge < -0.3 is 10.1 Å². The molecule has 0 saturated carbocycles. The fourth-order valence-electron chi connectivity index (χ4n) is 2.19. The third-order valence-corrected chi connectivity index (χ3v) is 4.26. The second-order valence-electron chi connectivity index (χ2n) is 4.74. The topological polar surface area (TPSA) is 38.3 Å². The number of rotatable bonds is 4. The predicted molar refractivity (Wildman–Crippen MR) is 86.9 cm³/mol. The van der Waals surface area contributed by atoms with Gasteiger partial charge >= 0.3 is 0 Å². The molecule has 4 heteroatoms. The van der Waals surface area contributed by atoms with Crippen LogP contribution in [0.3, 0.4) is 0 Å². The van der Waals surface area contributed by atoms with Gasteiger partial charge in [-0.15, -0.1) is 11.3 Å². The first-order valence-electron chi connectivity index (χ1n) is 6.64. The van der Waals surface area contributed by atoms with E-state index in [9.17, 15) is 4.79 Å². The normalized spacial score (nSPS) is 10.7. The van der Waals surface area contributed by atoms with E-state index in [-0.39, 0.29) is 5.91 Å². The highest BCUT2D eigenvalue weighted by molar-refractivity contribution is 7.20. The summed E-state index contributed by atoms with van der Waals surface area (Å²) in [6, 6.07) is 17.6. The lowest BCUT2D eigenvalue weighted by Crippen LogP contribution is -2.10. The van der Waals surface area contributed by atoms with E-state index in [2.05, 4.69) is 5.32 Å². The molecule has 0 bridgehead atoms. The summed E-state index contributed by atoms with van der Waals surface area (Å²) >= 11 is 1.50. The lowest BCUT2D eigenvalue weighted by molar-refractivity contribution is 0.103. The summed E-state index contributed by atoms with van der Waals surface area (Å²) in [5, 5.41) is 4.03. The van der Waals surface area contributed by atoms with Crippen molar-refractivity contribution in [3.63, 3.8) is 0 Å². The van der Waals surface area contributed by atoms with E-state index in [1.807, 2.05) is 54.6 Å². The lowest BCUT2D eigenvalue weighted by Gasteiger charge is -2.06. The van der Waals surface area contributed by atoms with Crippen molar-refractivity contribution in [1.29, 1.82) is 0 Å². The monoisotopic (exact) mass is 297 g/mol. The third-order valence-electron chi connectivity index (χ3n) is 3.15. The maximum Gasteiger partial charge on any atom is 0.265 e. The number of ether oxygens (including phenoxy) is 1. The van der Waals surface area contributed by atoms with Gasteiger partial charge in [-0.3, -0.25) is 4.79 Å². The quantitative estimate of drug-likeness (QED) is 0.779. The van der Waals surface area contributed by atoms with Gasteiger partial charge in [0.1, 0.15) is 0 Å². The van der Waals surface area contributed by atoms with Gasteiger partial charge in [0.25, 0.3) is 5.91 Å². The third kappa shape index (κ3) is 3.12. The zero-order chi connectivity index (χ0) is 14.7. The molecule has 1 heterocycles. The molecule has 0 aliphatic rings. The molecule has 0 fully saturated rings. The number of nitrogens with one attached hydrogen (secondary N) is 1. The van der Waals surface area contributed by atoms with Crippen molar-refractivity contribution in [3.8, 4) is 0 Å². The van der Waals surface area contributed by atoms with Crippen LogP contribution in [0.5, 0.6) is 0 Å². The van der Waals surface area contributed by atoms with Crippen LogP contribution in [0.25, 0.3) is 10.1 Å². The molecule has 3 nitrogen and oxygen atoms in total. The van der Waals surface area contributed by atoms with Gasteiger partial charge in [0.05, 0.1) is 11.5 Å². The van der Waals surface area contributed by atoms with Crippen molar-refractivity contribution in [2.75, 3.05) is 12.4 Å². The van der Waals surface area contributed by atoms with Crippen LogP contribution in [0.15, 0.2) is 54.6 Å². The number of hydrogen-bond donors (Lipinski definition) is 1. The summed E-state index contributed by atoms with van der Waals surface area (Å²) in [4.78, 5) is 13.0. The van der Waals surface area contributed by atoms with Gasteiger partial charge in [0.2, 0.25) is 0 Å². The second kappa shape index (κ2) is 6.08. The van der Waals surface area contributed by atoms with Crippen molar-refractivity contribution >= 4 is 33.0 Å². The summed E-state index contributed by atoms with van der Waals surface area (Å²) in [7, 11) is 1.66. The van der Waals surface area contributed by atoms with Crippen molar-refractivity contribution < 1.29 is 9.53 Å². The minimum atomic E-state index is -0.0780. The van der Waals surface area contributed by atoms with Crippen molar-refractivity contribution in [2.45, 2.75) is 6.61 Å². The molecular formula is C17H15NO2S. The number of benzene rings is 2. The molecule has 2 aromatic carbocycles. The molecule has 106 valence electrons. The molecule has 0 aliphatic carbocycles. The molecule has 0 aliphatic heterocycles. The van der Waals surface area contributed by atoms with Gasteiger partial charge in [0, 0.05) is 17.5 Å². The minimum Gasteiger partial charge on any atom is -0.380 e. The van der Waals surface area contributed by atoms with Gasteiger partial charge in [0.15, 0.2) is 0 Å². The molecule has 1 N–H and O–H groups in total. The molecule has 3 aromatic rings. The van der Waals surface area contributed by atoms with E-state index in [1.54, 1.807) is 7.11 Å². The molecule has 0 saturated heterocycles. The maximum absolute atomic E-state index is 12.3. The summed E-state index contributed by atoms with van der Waals surface area (Å²) in [6.07, 6.45) is 0. The Morgan fingerprint density at radius 3 is 2.81 bits per heavy atom. The molecule has 1 amide bonds. The highest BCUT2D eigenvalue weighted by Crippen LogP contribution is 2.26. The first-order chi connectivity index (χ1) is 10.3. The predicted octanol–water partition coefficient (Wildman–Crippen LogP) is 4.30. The largest absolute Gasteiger partial charge is 0.380 e. The Balaban J connectivity index is 1.80. The van der Waals surface area contributed by atoms with Crippen LogP contribution in [-0.2, 0) is 11.3 Å². The fourth-order valence-corrected chi connectivity index (χ4v) is 3.15. The summed E-state index contributed by atoms with van der Waals surface area (Å²) in [5.74, 6) is -0.0780. The number of amides is 1. The van der Waals surface area contributed by atoms with Gasteiger partial charge in [-0.1, -0.05) is 30.3 Å². The summed E-state index contributed by atoms with van der Waals surface area (Å²) < 4.78 is 6.22. The average Bonchev–Trinajstić information content (AvgIpc) is 2.92. The Morgan fingerprint density at radius 1 is 1.14 bits per heavy atom. The van der Waals surface area contributed by atoms with E-state index in [0.717, 1.165) is 21.3 Å². The van der Waals surface area contributed by atoms with E-state index in [1.165, 1.54) is 11.3 Å². The van der Waals surface area contributed by atoms with Crippen molar-refractivity contribution in [3.05, 3.63) is 65.0 Å². The molecule has 0 spiro atoms. The maximum atomic E-state index is 12.3. The zero-order valence-electron chi connectivity index (χ0n) is 11.6. The molecule has 3 rings (SSSR count). The van der Waals surface area contributed by atoms with Crippen LogP contribution in [0.1, 0.15) is 15.2 Å². The van der Waals surface area contributed by atoms with Crippen LogP contribution >= 0.6 is 11.3 Å². The average molecular weight is 297 g/mol. The molecule has 0 unspecified atom stereocenters. The van der Waals surface area contributed by atoms with Crippen LogP contribution < -0.4 is 5.32 Å². The SMILES string of the molecule is COCc1cccc(NC(=O)c2cc3ccccc3s2)c1. The standard InChI is InChI=1S/C17H15NO2S/c1-20-11-12-5-4-7-14(9-12)18-17(19)16-10-13-6-2-3-8-15(13)21-16/h2-10H,11H2,1H3,(H,18,19). The first kappa shape index (κ1) is 13.8. The number of methoxy groups -OCH3 is 1. The Hall–Kier alpha value is -2.17. The second-order valence-corrected chi connectivity index (χ2v) is 5.82. The summed E-state index contributed by atoms with van der Waals surface area (Å²) in [5.41, 5.74) is 1.82. The van der Waals surface area contributed by atoms with Crippen LogP contribution in [0, 0.1) is 0 Å². The van der Waals surface area contributed by atoms with Crippen molar-refractivity contribution in [1.82, 2.24) is 0 Å². The van der Waals surface area contributed by atoms with Crippen LogP contribution in [-0.4, -0.2) is 13.0 Å². The smallest absolute Gasteiger partial charge is 0.265 e. The van der Waals surface area contributed by atoms with Gasteiger partial charge in [-0.05, 0) is 35.2 Å². The minimum absolute atomic E-state index is 0.0780. The molecule has 21 heavy (non-hydrogen) atoms. The Morgan fingerprint density at radius 2 is 2.00 bits per heavy atom. The molecule has 0 radical (unpaired) electrons. The highest BCUT2D eigenvalue weighted by Gasteiger charge is 2.10. The van der Waals surface area contributed by atoms with E-state index in [0.29, 0.717) is 11.5 Å². The fraction of sp³-hybridized carbons (Fsp3) is 0.118. The lowest BCUT2D eigenvalue weighted by atomic mass is 10.2. The first-order valence-corrected chi connectivity index (χ1v) is 7.46. The molecule has 1 aromatic heterocycles. The van der Waals surface area contributed by atoms with Gasteiger partial charge in [-0.25, -0.2) is 0 Å². The number of carbonyl (C=O) groups is 1. The van der Waals surface area contributed by atoms with Gasteiger partial charge in [-0.2, -0.15) is 0 Å². The highest BCUT2D eigenvalue weighted by atomic mass is 32.1.